The van der Waals surface area contributed by atoms with Crippen LogP contribution in [-0.2, 0) is 17.5 Å². The van der Waals surface area contributed by atoms with Crippen molar-refractivity contribution in [3.63, 3.8) is 0 Å². The summed E-state index contributed by atoms with van der Waals surface area (Å²) in [7, 11) is 0. The molecular formula is C22H15ClF3N3O2S. The lowest BCUT2D eigenvalue weighted by Gasteiger charge is -2.15. The Balaban J connectivity index is 1.67. The van der Waals surface area contributed by atoms with Gasteiger partial charge in [0.05, 0.1) is 16.6 Å². The van der Waals surface area contributed by atoms with Gasteiger partial charge in [-0.15, -0.1) is 11.3 Å². The molecule has 0 spiro atoms. The Morgan fingerprint density at radius 2 is 1.91 bits per heavy atom. The van der Waals surface area contributed by atoms with Crippen molar-refractivity contribution in [1.29, 1.82) is 0 Å². The van der Waals surface area contributed by atoms with Crippen LogP contribution in [0.1, 0.15) is 26.4 Å². The molecular weight excluding hydrogens is 463 g/mol. The third-order valence-corrected chi connectivity index (χ3v) is 6.08. The van der Waals surface area contributed by atoms with Gasteiger partial charge in [-0.1, -0.05) is 41.9 Å². The molecule has 0 amide bonds. The molecule has 0 radical (unpaired) electrons. The van der Waals surface area contributed by atoms with Crippen molar-refractivity contribution in [2.24, 2.45) is 0 Å². The van der Waals surface area contributed by atoms with Gasteiger partial charge in [0.1, 0.15) is 28.5 Å². The predicted octanol–water partition coefficient (Wildman–Crippen LogP) is 6.77. The number of thiophene rings is 1. The maximum atomic E-state index is 13.5. The van der Waals surface area contributed by atoms with Crippen LogP contribution in [0.4, 0.5) is 24.7 Å². The number of rotatable bonds is 5. The maximum Gasteiger partial charge on any atom is 0.418 e. The van der Waals surface area contributed by atoms with E-state index in [1.165, 1.54) is 18.5 Å². The van der Waals surface area contributed by atoms with Gasteiger partial charge in [0, 0.05) is 5.02 Å². The quantitative estimate of drug-likeness (QED) is 0.321. The Kier molecular flexibility index (Phi) is 6.03. The number of hydrogen-bond acceptors (Lipinski definition) is 6. The molecule has 0 saturated carbocycles. The third-order valence-electron chi connectivity index (χ3n) is 4.67. The molecule has 1 N–H and O–H groups in total. The molecule has 4 rings (SSSR count). The zero-order chi connectivity index (χ0) is 22.9. The van der Waals surface area contributed by atoms with Crippen LogP contribution in [0.5, 0.6) is 0 Å². The molecule has 0 unspecified atom stereocenters. The van der Waals surface area contributed by atoms with Crippen molar-refractivity contribution in [2.75, 3.05) is 5.32 Å². The van der Waals surface area contributed by atoms with Gasteiger partial charge in [0.2, 0.25) is 0 Å². The molecule has 0 saturated heterocycles. The van der Waals surface area contributed by atoms with E-state index in [2.05, 4.69) is 15.3 Å². The fourth-order valence-electron chi connectivity index (χ4n) is 3.14. The minimum absolute atomic E-state index is 0.0362. The molecule has 164 valence electrons. The Bertz CT molecular complexity index is 1290. The Morgan fingerprint density at radius 1 is 1.16 bits per heavy atom. The SMILES string of the molecule is Cc1c(C(=O)OCc2ccccc2)sc2ncnc(Nc3ccc(Cl)cc3C(F)(F)F)c12. The summed E-state index contributed by atoms with van der Waals surface area (Å²) in [5, 5.41) is 3.14. The van der Waals surface area contributed by atoms with E-state index in [-0.39, 0.29) is 23.1 Å². The van der Waals surface area contributed by atoms with E-state index < -0.39 is 17.7 Å². The van der Waals surface area contributed by atoms with Crippen molar-refractivity contribution in [3.05, 3.63) is 81.4 Å². The zero-order valence-corrected chi connectivity index (χ0v) is 18.1. The molecule has 0 aliphatic carbocycles. The highest BCUT2D eigenvalue weighted by Crippen LogP contribution is 2.40. The van der Waals surface area contributed by atoms with Gasteiger partial charge in [0.25, 0.3) is 0 Å². The molecule has 0 bridgehead atoms. The highest BCUT2D eigenvalue weighted by Gasteiger charge is 2.34. The second-order valence-electron chi connectivity index (χ2n) is 6.83. The normalized spacial score (nSPS) is 11.5. The minimum Gasteiger partial charge on any atom is -0.457 e. The lowest BCUT2D eigenvalue weighted by Crippen LogP contribution is -2.09. The van der Waals surface area contributed by atoms with Gasteiger partial charge < -0.3 is 10.1 Å². The van der Waals surface area contributed by atoms with Crippen LogP contribution >= 0.6 is 22.9 Å². The van der Waals surface area contributed by atoms with Crippen molar-refractivity contribution >= 4 is 50.6 Å². The average molecular weight is 478 g/mol. The number of halogens is 4. The molecule has 0 aliphatic heterocycles. The lowest BCUT2D eigenvalue weighted by atomic mass is 10.1. The lowest BCUT2D eigenvalue weighted by molar-refractivity contribution is -0.136. The van der Waals surface area contributed by atoms with Crippen molar-refractivity contribution < 1.29 is 22.7 Å². The second kappa shape index (κ2) is 8.76. The monoisotopic (exact) mass is 477 g/mol. The number of aromatic nitrogens is 2. The van der Waals surface area contributed by atoms with Gasteiger partial charge in [-0.25, -0.2) is 14.8 Å². The fourth-order valence-corrected chi connectivity index (χ4v) is 4.35. The summed E-state index contributed by atoms with van der Waals surface area (Å²) in [5.74, 6) is -0.388. The number of aryl methyl sites for hydroxylation is 1. The predicted molar refractivity (Wildman–Crippen MR) is 117 cm³/mol. The van der Waals surface area contributed by atoms with Crippen molar-refractivity contribution in [2.45, 2.75) is 19.7 Å². The van der Waals surface area contributed by atoms with Crippen molar-refractivity contribution in [1.82, 2.24) is 9.97 Å². The zero-order valence-electron chi connectivity index (χ0n) is 16.5. The number of anilines is 2. The van der Waals surface area contributed by atoms with Crippen molar-refractivity contribution in [3.8, 4) is 0 Å². The van der Waals surface area contributed by atoms with Crippen LogP contribution < -0.4 is 5.32 Å². The molecule has 0 aliphatic rings. The number of nitrogens with one attached hydrogen (secondary N) is 1. The molecule has 2 aromatic carbocycles. The maximum absolute atomic E-state index is 13.5. The topological polar surface area (TPSA) is 64.1 Å². The number of hydrogen-bond donors (Lipinski definition) is 1. The van der Waals surface area contributed by atoms with E-state index in [9.17, 15) is 18.0 Å². The number of ether oxygens (including phenoxy) is 1. The number of esters is 1. The number of carbonyl (C=O) groups is 1. The molecule has 0 atom stereocenters. The smallest absolute Gasteiger partial charge is 0.418 e. The van der Waals surface area contributed by atoms with E-state index >= 15 is 0 Å². The second-order valence-corrected chi connectivity index (χ2v) is 8.27. The van der Waals surface area contributed by atoms with E-state index in [1.807, 2.05) is 30.3 Å². The van der Waals surface area contributed by atoms with E-state index in [4.69, 9.17) is 16.3 Å². The van der Waals surface area contributed by atoms with Gasteiger partial charge in [-0.2, -0.15) is 13.2 Å². The summed E-state index contributed by atoms with van der Waals surface area (Å²) < 4.78 is 45.8. The summed E-state index contributed by atoms with van der Waals surface area (Å²) in [6.45, 7) is 1.78. The number of carbonyl (C=O) groups excluding carboxylic acids is 1. The van der Waals surface area contributed by atoms with Gasteiger partial charge in [-0.3, -0.25) is 0 Å². The average Bonchev–Trinajstić information content (AvgIpc) is 3.11. The van der Waals surface area contributed by atoms with Crippen LogP contribution in [0.25, 0.3) is 10.2 Å². The van der Waals surface area contributed by atoms with E-state index in [0.29, 0.717) is 20.7 Å². The van der Waals surface area contributed by atoms with Gasteiger partial charge in [0.15, 0.2) is 0 Å². The molecule has 5 nitrogen and oxygen atoms in total. The number of nitrogens with zero attached hydrogens (tertiary/aromatic N) is 2. The molecule has 0 fully saturated rings. The van der Waals surface area contributed by atoms with E-state index in [1.54, 1.807) is 6.92 Å². The fraction of sp³-hybridized carbons (Fsp3) is 0.136. The highest BCUT2D eigenvalue weighted by molar-refractivity contribution is 7.20. The first-order chi connectivity index (χ1) is 15.2. The summed E-state index contributed by atoms with van der Waals surface area (Å²) in [6.07, 6.45) is -3.39. The minimum atomic E-state index is -4.62. The summed E-state index contributed by atoms with van der Waals surface area (Å²) in [5.41, 5.74) is 0.228. The first kappa shape index (κ1) is 22.0. The molecule has 2 aromatic heterocycles. The Morgan fingerprint density at radius 3 is 2.62 bits per heavy atom. The molecule has 10 heteroatoms. The Hall–Kier alpha value is -3.17. The summed E-state index contributed by atoms with van der Waals surface area (Å²) >= 11 is 6.85. The largest absolute Gasteiger partial charge is 0.457 e. The molecule has 2 heterocycles. The first-order valence-electron chi connectivity index (χ1n) is 9.33. The number of benzene rings is 2. The highest BCUT2D eigenvalue weighted by atomic mass is 35.5. The van der Waals surface area contributed by atoms with Crippen LogP contribution in [0, 0.1) is 6.92 Å². The van der Waals surface area contributed by atoms with Crippen LogP contribution in [0.15, 0.2) is 54.9 Å². The standard InChI is InChI=1S/C22H15ClF3N3O2S/c1-12-17-19(29-16-8-7-14(23)9-15(16)22(24,25)26)27-11-28-20(17)32-18(12)21(30)31-10-13-5-3-2-4-6-13/h2-9,11H,10H2,1H3,(H,27,28,29). The van der Waals surface area contributed by atoms with Crippen LogP contribution in [0.3, 0.4) is 0 Å². The molecule has 32 heavy (non-hydrogen) atoms. The van der Waals surface area contributed by atoms with Gasteiger partial charge in [-0.05, 0) is 36.2 Å². The summed E-state index contributed by atoms with van der Waals surface area (Å²) in [6, 6.07) is 12.6. The Labute approximate surface area is 189 Å². The van der Waals surface area contributed by atoms with Gasteiger partial charge >= 0.3 is 12.1 Å². The third kappa shape index (κ3) is 4.53. The number of fused-ring (bicyclic) bond motifs is 1. The van der Waals surface area contributed by atoms with E-state index in [0.717, 1.165) is 23.0 Å². The van der Waals surface area contributed by atoms with Crippen LogP contribution in [-0.4, -0.2) is 15.9 Å². The van der Waals surface area contributed by atoms with Crippen LogP contribution in [0.2, 0.25) is 5.02 Å². The first-order valence-corrected chi connectivity index (χ1v) is 10.5. The number of alkyl halides is 3. The summed E-state index contributed by atoms with van der Waals surface area (Å²) in [4.78, 5) is 21.7. The molecule has 4 aromatic rings.